The average molecular weight is 377 g/mol. The molecule has 3 aromatic rings. The predicted octanol–water partition coefficient (Wildman–Crippen LogP) is 3.88. The molecule has 0 fully saturated rings. The molecule has 0 radical (unpaired) electrons. The molecule has 1 N–H and O–H groups in total. The van der Waals surface area contributed by atoms with E-state index >= 15 is 0 Å². The van der Waals surface area contributed by atoms with Gasteiger partial charge in [-0.05, 0) is 45.0 Å². The quantitative estimate of drug-likeness (QED) is 0.751. The van der Waals surface area contributed by atoms with Gasteiger partial charge in [0.25, 0.3) is 10.0 Å². The molecular formula is C18H17F2N3O2S. The van der Waals surface area contributed by atoms with E-state index in [0.29, 0.717) is 11.4 Å². The molecule has 3 rings (SSSR count). The SMILES string of the molecule is Cc1ccc(-n2nc(C)c(S(=O)(=O)Nc3ccc(F)c(F)c3)c2C)cc1. The van der Waals surface area contributed by atoms with Crippen molar-refractivity contribution in [1.29, 1.82) is 0 Å². The molecule has 136 valence electrons. The van der Waals surface area contributed by atoms with Crippen LogP contribution in [0.1, 0.15) is 17.0 Å². The third-order valence-corrected chi connectivity index (χ3v) is 5.58. The van der Waals surface area contributed by atoms with Crippen LogP contribution < -0.4 is 4.72 Å². The average Bonchev–Trinajstić information content (AvgIpc) is 2.87. The van der Waals surface area contributed by atoms with Crippen molar-refractivity contribution in [1.82, 2.24) is 9.78 Å². The Hall–Kier alpha value is -2.74. The van der Waals surface area contributed by atoms with Crippen LogP contribution in [0.15, 0.2) is 47.4 Å². The number of hydrogen-bond donors (Lipinski definition) is 1. The normalized spacial score (nSPS) is 11.6. The molecule has 1 heterocycles. The van der Waals surface area contributed by atoms with Crippen molar-refractivity contribution in [3.63, 3.8) is 0 Å². The van der Waals surface area contributed by atoms with E-state index in [1.165, 1.54) is 4.68 Å². The van der Waals surface area contributed by atoms with Gasteiger partial charge in [-0.2, -0.15) is 5.10 Å². The van der Waals surface area contributed by atoms with Crippen LogP contribution in [0, 0.1) is 32.4 Å². The first-order valence-electron chi connectivity index (χ1n) is 7.80. The summed E-state index contributed by atoms with van der Waals surface area (Å²) in [5, 5.41) is 4.31. The number of nitrogens with one attached hydrogen (secondary N) is 1. The minimum Gasteiger partial charge on any atom is -0.279 e. The zero-order valence-electron chi connectivity index (χ0n) is 14.4. The topological polar surface area (TPSA) is 64.0 Å². The maximum Gasteiger partial charge on any atom is 0.265 e. The summed E-state index contributed by atoms with van der Waals surface area (Å²) in [6.45, 7) is 5.17. The van der Waals surface area contributed by atoms with Gasteiger partial charge in [-0.15, -0.1) is 0 Å². The second-order valence-electron chi connectivity index (χ2n) is 5.98. The number of benzene rings is 2. The van der Waals surface area contributed by atoms with Crippen molar-refractivity contribution in [3.05, 3.63) is 71.1 Å². The second kappa shape index (κ2) is 6.53. The van der Waals surface area contributed by atoms with Gasteiger partial charge in [0.05, 0.1) is 22.8 Å². The third-order valence-electron chi connectivity index (χ3n) is 3.94. The van der Waals surface area contributed by atoms with Crippen LogP contribution in [0.2, 0.25) is 0 Å². The molecule has 0 aliphatic carbocycles. The monoisotopic (exact) mass is 377 g/mol. The lowest BCUT2D eigenvalue weighted by atomic mass is 10.2. The van der Waals surface area contributed by atoms with Crippen molar-refractivity contribution >= 4 is 15.7 Å². The Bertz CT molecular complexity index is 1070. The zero-order valence-corrected chi connectivity index (χ0v) is 15.2. The van der Waals surface area contributed by atoms with Crippen LogP contribution in [0.25, 0.3) is 5.69 Å². The van der Waals surface area contributed by atoms with Gasteiger partial charge in [-0.25, -0.2) is 21.9 Å². The molecule has 26 heavy (non-hydrogen) atoms. The van der Waals surface area contributed by atoms with Gasteiger partial charge < -0.3 is 0 Å². The first kappa shape index (κ1) is 18.1. The Morgan fingerprint density at radius 3 is 2.23 bits per heavy atom. The lowest BCUT2D eigenvalue weighted by molar-refractivity contribution is 0.509. The molecule has 0 saturated heterocycles. The van der Waals surface area contributed by atoms with Gasteiger partial charge in [0.15, 0.2) is 11.6 Å². The molecule has 5 nitrogen and oxygen atoms in total. The van der Waals surface area contributed by atoms with Gasteiger partial charge in [-0.3, -0.25) is 4.72 Å². The first-order valence-corrected chi connectivity index (χ1v) is 9.28. The van der Waals surface area contributed by atoms with E-state index in [1.807, 2.05) is 31.2 Å². The van der Waals surface area contributed by atoms with E-state index in [-0.39, 0.29) is 10.6 Å². The number of nitrogens with zero attached hydrogens (tertiary/aromatic N) is 2. The van der Waals surface area contributed by atoms with Crippen molar-refractivity contribution < 1.29 is 17.2 Å². The summed E-state index contributed by atoms with van der Waals surface area (Å²) in [6, 6.07) is 10.3. The summed E-state index contributed by atoms with van der Waals surface area (Å²) in [4.78, 5) is 0.00260. The molecule has 0 aliphatic rings. The smallest absolute Gasteiger partial charge is 0.265 e. The molecule has 0 atom stereocenters. The highest BCUT2D eigenvalue weighted by Gasteiger charge is 2.25. The van der Waals surface area contributed by atoms with Gasteiger partial charge in [0, 0.05) is 6.07 Å². The molecule has 1 aromatic heterocycles. The second-order valence-corrected chi connectivity index (χ2v) is 7.60. The number of aryl methyl sites for hydroxylation is 2. The van der Waals surface area contributed by atoms with E-state index in [1.54, 1.807) is 13.8 Å². The van der Waals surface area contributed by atoms with Crippen LogP contribution in [0.5, 0.6) is 0 Å². The van der Waals surface area contributed by atoms with Crippen LogP contribution >= 0.6 is 0 Å². The highest BCUT2D eigenvalue weighted by Crippen LogP contribution is 2.25. The minimum atomic E-state index is -4.02. The van der Waals surface area contributed by atoms with Gasteiger partial charge in [-0.1, -0.05) is 17.7 Å². The maximum atomic E-state index is 13.3. The van der Waals surface area contributed by atoms with Crippen LogP contribution in [0.3, 0.4) is 0 Å². The highest BCUT2D eigenvalue weighted by molar-refractivity contribution is 7.92. The van der Waals surface area contributed by atoms with Crippen LogP contribution in [-0.4, -0.2) is 18.2 Å². The minimum absolute atomic E-state index is 0.00260. The van der Waals surface area contributed by atoms with E-state index < -0.39 is 21.7 Å². The lowest BCUT2D eigenvalue weighted by Crippen LogP contribution is -2.15. The van der Waals surface area contributed by atoms with E-state index in [4.69, 9.17) is 0 Å². The van der Waals surface area contributed by atoms with Crippen LogP contribution in [0.4, 0.5) is 14.5 Å². The van der Waals surface area contributed by atoms with E-state index in [9.17, 15) is 17.2 Å². The van der Waals surface area contributed by atoms with E-state index in [2.05, 4.69) is 9.82 Å². The first-order chi connectivity index (χ1) is 12.2. The number of anilines is 1. The summed E-state index contributed by atoms with van der Waals surface area (Å²) in [6.07, 6.45) is 0. The summed E-state index contributed by atoms with van der Waals surface area (Å²) < 4.78 is 55.7. The summed E-state index contributed by atoms with van der Waals surface area (Å²) in [5.74, 6) is -2.18. The Morgan fingerprint density at radius 1 is 0.962 bits per heavy atom. The molecule has 0 bridgehead atoms. The Morgan fingerprint density at radius 2 is 1.62 bits per heavy atom. The fraction of sp³-hybridized carbons (Fsp3) is 0.167. The molecule has 8 heteroatoms. The molecule has 0 spiro atoms. The lowest BCUT2D eigenvalue weighted by Gasteiger charge is -2.09. The number of rotatable bonds is 4. The molecular weight excluding hydrogens is 360 g/mol. The fourth-order valence-electron chi connectivity index (χ4n) is 2.72. The molecule has 0 unspecified atom stereocenters. The fourth-order valence-corrected chi connectivity index (χ4v) is 4.16. The van der Waals surface area contributed by atoms with Crippen molar-refractivity contribution in [2.45, 2.75) is 25.7 Å². The third kappa shape index (κ3) is 3.32. The molecule has 0 amide bonds. The highest BCUT2D eigenvalue weighted by atomic mass is 32.2. The van der Waals surface area contributed by atoms with Crippen molar-refractivity contribution in [2.24, 2.45) is 0 Å². The standard InChI is InChI=1S/C18H17F2N3O2S/c1-11-4-7-15(8-5-11)23-13(3)18(12(2)21-23)26(24,25)22-14-6-9-16(19)17(20)10-14/h4-10,22H,1-3H3. The molecule has 0 aliphatic heterocycles. The van der Waals surface area contributed by atoms with Crippen molar-refractivity contribution in [2.75, 3.05) is 4.72 Å². The van der Waals surface area contributed by atoms with Gasteiger partial charge in [0.1, 0.15) is 4.90 Å². The predicted molar refractivity (Wildman–Crippen MR) is 94.9 cm³/mol. The number of sulfonamides is 1. The Kier molecular flexibility index (Phi) is 4.53. The van der Waals surface area contributed by atoms with Crippen LogP contribution in [-0.2, 0) is 10.0 Å². The zero-order chi connectivity index (χ0) is 19.1. The van der Waals surface area contributed by atoms with Gasteiger partial charge >= 0.3 is 0 Å². The number of aromatic nitrogens is 2. The van der Waals surface area contributed by atoms with Crippen molar-refractivity contribution in [3.8, 4) is 5.69 Å². The Balaban J connectivity index is 2.02. The summed E-state index contributed by atoms with van der Waals surface area (Å²) in [7, 11) is -4.02. The summed E-state index contributed by atoms with van der Waals surface area (Å²) in [5.41, 5.74) is 2.46. The summed E-state index contributed by atoms with van der Waals surface area (Å²) >= 11 is 0. The maximum absolute atomic E-state index is 13.3. The molecule has 2 aromatic carbocycles. The largest absolute Gasteiger partial charge is 0.279 e. The Labute approximate surface area is 150 Å². The number of hydrogen-bond acceptors (Lipinski definition) is 3. The number of halogens is 2. The molecule has 0 saturated carbocycles. The van der Waals surface area contributed by atoms with E-state index in [0.717, 1.165) is 29.4 Å². The van der Waals surface area contributed by atoms with Gasteiger partial charge in [0.2, 0.25) is 0 Å².